The predicted molar refractivity (Wildman–Crippen MR) is 348 cm³/mol. The molecule has 8 nitrogen and oxygen atoms in total. The highest BCUT2D eigenvalue weighted by Gasteiger charge is 2.23. The summed E-state index contributed by atoms with van der Waals surface area (Å²) >= 11 is 0. The SMILES string of the molecule is CCCCCCC/C=C\C/C=C\CCCCCCCCCCCCCCCCCCCCCCCCCCCCCCCC(=O)NC(COP(=O)([O-])OCC[N+](C)(C)C)C(O)/C=C/CCCCCCCCCCCCCCCCC. The number of hydrogen-bond donors (Lipinski definition) is 2. The standard InChI is InChI=1S/C71H139N2O6P/c1-6-8-10-12-14-16-18-20-22-24-25-26-27-28-29-30-31-32-33-34-35-36-37-38-39-40-41-42-43-44-45-46-47-49-51-53-55-57-59-61-63-65-71(75)72-69(68-79-80(76,77)78-67-66-73(3,4)5)70(74)64-62-60-58-56-54-52-50-48-23-21-19-17-15-13-11-9-7-2/h18,20,24-25,62,64,69-70,74H,6-17,19,21-23,26-61,63,65-68H2,1-5H3,(H-,72,75,76,77)/b20-18-,25-24-,64-62+. The van der Waals surface area contributed by atoms with Crippen LogP contribution in [-0.2, 0) is 18.4 Å². The van der Waals surface area contributed by atoms with Gasteiger partial charge in [0, 0.05) is 6.42 Å². The Labute approximate surface area is 499 Å². The Balaban J connectivity index is 3.86. The molecule has 0 aliphatic carbocycles. The van der Waals surface area contributed by atoms with Crippen molar-refractivity contribution in [3.63, 3.8) is 0 Å². The number of aliphatic hydroxyl groups is 1. The van der Waals surface area contributed by atoms with Gasteiger partial charge in [0.25, 0.3) is 7.82 Å². The van der Waals surface area contributed by atoms with Gasteiger partial charge in [0.05, 0.1) is 39.9 Å². The van der Waals surface area contributed by atoms with E-state index in [2.05, 4.69) is 43.5 Å². The number of nitrogens with zero attached hydrogens (tertiary/aromatic N) is 1. The number of amides is 1. The molecule has 0 heterocycles. The van der Waals surface area contributed by atoms with Crippen LogP contribution in [0.3, 0.4) is 0 Å². The van der Waals surface area contributed by atoms with E-state index in [1.54, 1.807) is 6.08 Å². The molecule has 0 radical (unpaired) electrons. The van der Waals surface area contributed by atoms with Gasteiger partial charge in [-0.3, -0.25) is 9.36 Å². The number of phosphoric acid groups is 1. The molecule has 80 heavy (non-hydrogen) atoms. The van der Waals surface area contributed by atoms with Crippen molar-refractivity contribution in [2.75, 3.05) is 40.9 Å². The second-order valence-electron chi connectivity index (χ2n) is 25.6. The van der Waals surface area contributed by atoms with Gasteiger partial charge in [-0.1, -0.05) is 339 Å². The molecule has 2 N–H and O–H groups in total. The normalized spacial score (nSPS) is 13.8. The zero-order chi connectivity index (χ0) is 58.4. The van der Waals surface area contributed by atoms with Gasteiger partial charge in [0.2, 0.25) is 5.91 Å². The number of quaternary nitrogens is 1. The van der Waals surface area contributed by atoms with Gasteiger partial charge < -0.3 is 28.8 Å². The van der Waals surface area contributed by atoms with Gasteiger partial charge in [-0.2, -0.15) is 0 Å². The quantitative estimate of drug-likeness (QED) is 0.0272. The number of carbonyl (C=O) groups excluding carboxylic acids is 1. The smallest absolute Gasteiger partial charge is 0.268 e. The van der Waals surface area contributed by atoms with E-state index in [1.165, 1.54) is 295 Å². The second kappa shape index (κ2) is 62.3. The minimum atomic E-state index is -4.60. The molecular weight excluding hydrogens is 1010 g/mol. The average Bonchev–Trinajstić information content (AvgIpc) is 3.42. The van der Waals surface area contributed by atoms with Crippen LogP contribution < -0.4 is 10.2 Å². The first-order chi connectivity index (χ1) is 39.0. The van der Waals surface area contributed by atoms with Gasteiger partial charge >= 0.3 is 0 Å². The van der Waals surface area contributed by atoms with Gasteiger partial charge in [-0.25, -0.2) is 0 Å². The molecule has 474 valence electrons. The van der Waals surface area contributed by atoms with Gasteiger partial charge in [0.15, 0.2) is 0 Å². The first kappa shape index (κ1) is 78.7. The summed E-state index contributed by atoms with van der Waals surface area (Å²) in [5.74, 6) is -0.190. The summed E-state index contributed by atoms with van der Waals surface area (Å²) in [7, 11) is 1.28. The first-order valence-electron chi connectivity index (χ1n) is 35.4. The van der Waals surface area contributed by atoms with Crippen molar-refractivity contribution in [3.05, 3.63) is 36.5 Å². The first-order valence-corrected chi connectivity index (χ1v) is 36.8. The van der Waals surface area contributed by atoms with Crippen LogP contribution in [0.1, 0.15) is 361 Å². The van der Waals surface area contributed by atoms with Crippen LogP contribution in [0.15, 0.2) is 36.5 Å². The summed E-state index contributed by atoms with van der Waals surface area (Å²) < 4.78 is 23.4. The van der Waals surface area contributed by atoms with E-state index in [1.807, 2.05) is 27.2 Å². The summed E-state index contributed by atoms with van der Waals surface area (Å²) in [4.78, 5) is 25.6. The van der Waals surface area contributed by atoms with Crippen LogP contribution in [-0.4, -0.2) is 68.5 Å². The molecule has 1 amide bonds. The topological polar surface area (TPSA) is 108 Å². The number of allylic oxidation sites excluding steroid dienone is 5. The van der Waals surface area contributed by atoms with E-state index in [-0.39, 0.29) is 19.1 Å². The summed E-state index contributed by atoms with van der Waals surface area (Å²) in [5.41, 5.74) is 0. The fourth-order valence-electron chi connectivity index (χ4n) is 10.8. The van der Waals surface area contributed by atoms with Crippen LogP contribution in [0.25, 0.3) is 0 Å². The zero-order valence-electron chi connectivity index (χ0n) is 54.3. The van der Waals surface area contributed by atoms with Gasteiger partial charge in [-0.05, 0) is 51.4 Å². The van der Waals surface area contributed by atoms with Crippen LogP contribution in [0, 0.1) is 0 Å². The molecular formula is C71H139N2O6P. The third-order valence-corrected chi connectivity index (χ3v) is 17.3. The average molecular weight is 1150 g/mol. The molecule has 0 spiro atoms. The molecule has 9 heteroatoms. The fraction of sp³-hybridized carbons (Fsp3) is 0.901. The van der Waals surface area contributed by atoms with Gasteiger partial charge in [-0.15, -0.1) is 0 Å². The Morgan fingerprint density at radius 2 is 0.725 bits per heavy atom. The maximum atomic E-state index is 13.0. The summed E-state index contributed by atoms with van der Waals surface area (Å²) in [6, 6.07) is -0.884. The maximum Gasteiger partial charge on any atom is 0.268 e. The highest BCUT2D eigenvalue weighted by molar-refractivity contribution is 7.45. The zero-order valence-corrected chi connectivity index (χ0v) is 55.2. The van der Waals surface area contributed by atoms with Crippen LogP contribution >= 0.6 is 7.82 Å². The number of unbranched alkanes of at least 4 members (excludes halogenated alkanes) is 49. The monoisotopic (exact) mass is 1150 g/mol. The summed E-state index contributed by atoms with van der Waals surface area (Å²) in [6.45, 7) is 4.69. The lowest BCUT2D eigenvalue weighted by atomic mass is 10.0. The minimum Gasteiger partial charge on any atom is -0.756 e. The number of aliphatic hydroxyl groups excluding tert-OH is 1. The Morgan fingerprint density at radius 1 is 0.438 bits per heavy atom. The maximum absolute atomic E-state index is 13.0. The van der Waals surface area contributed by atoms with Crippen LogP contribution in [0.4, 0.5) is 0 Å². The third kappa shape index (κ3) is 64.3. The Hall–Kier alpha value is -1.28. The molecule has 3 atom stereocenters. The van der Waals surface area contributed by atoms with Crippen molar-refractivity contribution in [2.24, 2.45) is 0 Å². The third-order valence-electron chi connectivity index (χ3n) is 16.3. The molecule has 0 saturated carbocycles. The Bertz CT molecular complexity index is 1400. The Morgan fingerprint density at radius 3 is 1.04 bits per heavy atom. The molecule has 0 rings (SSSR count). The number of hydrogen-bond acceptors (Lipinski definition) is 6. The Kier molecular flexibility index (Phi) is 61.3. The van der Waals surface area contributed by atoms with E-state index in [0.717, 1.165) is 44.9 Å². The van der Waals surface area contributed by atoms with Crippen molar-refractivity contribution in [2.45, 2.75) is 373 Å². The van der Waals surface area contributed by atoms with Crippen LogP contribution in [0.5, 0.6) is 0 Å². The lowest BCUT2D eigenvalue weighted by molar-refractivity contribution is -0.870. The summed E-state index contributed by atoms with van der Waals surface area (Å²) in [6.07, 6.45) is 82.8. The molecule has 0 bridgehead atoms. The fourth-order valence-corrected chi connectivity index (χ4v) is 11.6. The molecule has 3 unspecified atom stereocenters. The van der Waals surface area contributed by atoms with Crippen molar-refractivity contribution in [3.8, 4) is 0 Å². The van der Waals surface area contributed by atoms with Crippen molar-refractivity contribution < 1.29 is 32.9 Å². The van der Waals surface area contributed by atoms with Crippen LogP contribution in [0.2, 0.25) is 0 Å². The second-order valence-corrected chi connectivity index (χ2v) is 27.0. The lowest BCUT2D eigenvalue weighted by Crippen LogP contribution is -2.45. The molecule has 0 fully saturated rings. The van der Waals surface area contributed by atoms with Crippen molar-refractivity contribution >= 4 is 13.7 Å². The van der Waals surface area contributed by atoms with E-state index >= 15 is 0 Å². The lowest BCUT2D eigenvalue weighted by Gasteiger charge is -2.29. The highest BCUT2D eigenvalue weighted by atomic mass is 31.2. The number of nitrogens with one attached hydrogen (secondary N) is 1. The highest BCUT2D eigenvalue weighted by Crippen LogP contribution is 2.38. The molecule has 0 saturated heterocycles. The van der Waals surface area contributed by atoms with E-state index in [9.17, 15) is 19.4 Å². The number of likely N-dealkylation sites (N-methyl/N-ethyl adjacent to an activating group) is 1. The van der Waals surface area contributed by atoms with E-state index < -0.39 is 20.0 Å². The van der Waals surface area contributed by atoms with E-state index in [4.69, 9.17) is 9.05 Å². The number of carbonyl (C=O) groups is 1. The summed E-state index contributed by atoms with van der Waals surface area (Å²) in [5, 5.41) is 13.9. The molecule has 0 aromatic heterocycles. The number of phosphoric ester groups is 1. The molecule has 0 aromatic carbocycles. The molecule has 0 aromatic rings. The molecule has 0 aliphatic heterocycles. The van der Waals surface area contributed by atoms with Gasteiger partial charge in [0.1, 0.15) is 13.2 Å². The minimum absolute atomic E-state index is 0.00166. The molecule has 0 aliphatic rings. The largest absolute Gasteiger partial charge is 0.756 e. The van der Waals surface area contributed by atoms with Crippen molar-refractivity contribution in [1.82, 2.24) is 5.32 Å². The number of rotatable bonds is 66. The van der Waals surface area contributed by atoms with Crippen molar-refractivity contribution in [1.29, 1.82) is 0 Å². The predicted octanol–water partition coefficient (Wildman–Crippen LogP) is 21.8. The van der Waals surface area contributed by atoms with E-state index in [0.29, 0.717) is 17.4 Å².